The van der Waals surface area contributed by atoms with Crippen molar-refractivity contribution in [2.24, 2.45) is 0 Å². The van der Waals surface area contributed by atoms with Crippen LogP contribution in [0.15, 0.2) is 76.2 Å². The number of amides is 2. The predicted octanol–water partition coefficient (Wildman–Crippen LogP) is 4.63. The molecule has 0 saturated carbocycles. The summed E-state index contributed by atoms with van der Waals surface area (Å²) in [5.41, 5.74) is 1.17. The Morgan fingerprint density at radius 2 is 1.93 bits per heavy atom. The molecule has 2 amide bonds. The van der Waals surface area contributed by atoms with E-state index in [1.54, 1.807) is 24.1 Å². The van der Waals surface area contributed by atoms with Crippen LogP contribution in [0.25, 0.3) is 0 Å². The van der Waals surface area contributed by atoms with Gasteiger partial charge in [0.25, 0.3) is 0 Å². The molecule has 2 heterocycles. The minimum absolute atomic E-state index is 0.126. The molecule has 0 spiro atoms. The third-order valence-corrected chi connectivity index (χ3v) is 5.66. The van der Waals surface area contributed by atoms with E-state index in [1.807, 2.05) is 30.3 Å². The van der Waals surface area contributed by atoms with Gasteiger partial charge >= 0.3 is 0 Å². The van der Waals surface area contributed by atoms with Gasteiger partial charge in [0.15, 0.2) is 0 Å². The molecule has 0 aliphatic carbocycles. The van der Waals surface area contributed by atoms with E-state index in [9.17, 15) is 14.0 Å². The van der Waals surface area contributed by atoms with Crippen molar-refractivity contribution in [2.45, 2.75) is 16.6 Å². The van der Waals surface area contributed by atoms with Gasteiger partial charge in [0.1, 0.15) is 18.1 Å². The Hall–Kier alpha value is -3.06. The molecule has 5 nitrogen and oxygen atoms in total. The maximum absolute atomic E-state index is 13.0. The third kappa shape index (κ3) is 3.94. The van der Waals surface area contributed by atoms with Crippen LogP contribution in [-0.2, 0) is 9.59 Å². The summed E-state index contributed by atoms with van der Waals surface area (Å²) in [4.78, 5) is 27.9. The van der Waals surface area contributed by atoms with Crippen LogP contribution in [0.5, 0.6) is 0 Å². The molecule has 4 rings (SSSR count). The number of carbonyl (C=O) groups excluding carboxylic acids is 2. The number of thioether (sulfide) groups is 1. The second-order valence-electron chi connectivity index (χ2n) is 6.33. The van der Waals surface area contributed by atoms with Crippen molar-refractivity contribution in [3.8, 4) is 0 Å². The van der Waals surface area contributed by atoms with Crippen molar-refractivity contribution in [1.82, 2.24) is 0 Å². The van der Waals surface area contributed by atoms with Crippen LogP contribution >= 0.6 is 11.8 Å². The van der Waals surface area contributed by atoms with Crippen molar-refractivity contribution in [3.05, 3.63) is 78.5 Å². The Morgan fingerprint density at radius 1 is 1.14 bits per heavy atom. The van der Waals surface area contributed by atoms with E-state index in [-0.39, 0.29) is 35.8 Å². The standard InChI is InChI=1S/C21H17FN2O3S/c22-14-7-9-15(10-8-14)23-20(25)13-24-16-4-1-2-6-18(16)28-19(12-21(24)26)17-5-3-11-27-17/h1-11,19H,12-13H2,(H,23,25). The molecule has 1 aliphatic rings. The lowest BCUT2D eigenvalue weighted by Gasteiger charge is -2.22. The van der Waals surface area contributed by atoms with Crippen LogP contribution in [0.1, 0.15) is 17.4 Å². The summed E-state index contributed by atoms with van der Waals surface area (Å²) in [7, 11) is 0. The first-order valence-corrected chi connectivity index (χ1v) is 9.63. The zero-order valence-corrected chi connectivity index (χ0v) is 15.6. The Labute approximate surface area is 165 Å². The van der Waals surface area contributed by atoms with E-state index in [1.165, 1.54) is 29.2 Å². The second-order valence-corrected chi connectivity index (χ2v) is 7.57. The lowest BCUT2D eigenvalue weighted by molar-refractivity contribution is -0.121. The highest BCUT2D eigenvalue weighted by molar-refractivity contribution is 7.99. The molecule has 1 unspecified atom stereocenters. The highest BCUT2D eigenvalue weighted by Gasteiger charge is 2.31. The monoisotopic (exact) mass is 396 g/mol. The first-order valence-electron chi connectivity index (χ1n) is 8.75. The van der Waals surface area contributed by atoms with Gasteiger partial charge in [0.2, 0.25) is 11.8 Å². The molecule has 142 valence electrons. The van der Waals surface area contributed by atoms with Gasteiger partial charge in [-0.05, 0) is 48.5 Å². The van der Waals surface area contributed by atoms with Gasteiger partial charge in [0, 0.05) is 17.0 Å². The number of anilines is 2. The number of fused-ring (bicyclic) bond motifs is 1. The first-order chi connectivity index (χ1) is 13.6. The topological polar surface area (TPSA) is 62.6 Å². The van der Waals surface area contributed by atoms with Crippen LogP contribution < -0.4 is 10.2 Å². The number of rotatable bonds is 4. The minimum atomic E-state index is -0.379. The van der Waals surface area contributed by atoms with Crippen molar-refractivity contribution in [2.75, 3.05) is 16.8 Å². The maximum atomic E-state index is 13.0. The molecule has 1 aromatic heterocycles. The molecular weight excluding hydrogens is 379 g/mol. The molecule has 2 aromatic carbocycles. The number of hydrogen-bond donors (Lipinski definition) is 1. The molecule has 0 fully saturated rings. The number of furan rings is 1. The van der Waals surface area contributed by atoms with Crippen LogP contribution in [-0.4, -0.2) is 18.4 Å². The van der Waals surface area contributed by atoms with E-state index in [2.05, 4.69) is 5.32 Å². The Kier molecular flexibility index (Phi) is 5.16. The van der Waals surface area contributed by atoms with Crippen LogP contribution in [0.2, 0.25) is 0 Å². The number of carbonyl (C=O) groups is 2. The molecule has 28 heavy (non-hydrogen) atoms. The highest BCUT2D eigenvalue weighted by atomic mass is 32.2. The van der Waals surface area contributed by atoms with Crippen molar-refractivity contribution in [3.63, 3.8) is 0 Å². The molecule has 7 heteroatoms. The fraction of sp³-hybridized carbons (Fsp3) is 0.143. The summed E-state index contributed by atoms with van der Waals surface area (Å²) in [6.45, 7) is -0.126. The van der Waals surface area contributed by atoms with E-state index in [0.29, 0.717) is 11.4 Å². The summed E-state index contributed by atoms with van der Waals surface area (Å²) >= 11 is 1.55. The lowest BCUT2D eigenvalue weighted by atomic mass is 10.2. The Morgan fingerprint density at radius 3 is 2.68 bits per heavy atom. The number of nitrogens with zero attached hydrogens (tertiary/aromatic N) is 1. The van der Waals surface area contributed by atoms with Gasteiger partial charge in [-0.25, -0.2) is 4.39 Å². The number of benzene rings is 2. The zero-order chi connectivity index (χ0) is 19.5. The maximum Gasteiger partial charge on any atom is 0.244 e. The quantitative estimate of drug-likeness (QED) is 0.699. The normalized spacial score (nSPS) is 16.4. The summed E-state index contributed by atoms with van der Waals surface area (Å²) in [6.07, 6.45) is 1.81. The number of para-hydroxylation sites is 1. The smallest absolute Gasteiger partial charge is 0.244 e. The average molecular weight is 396 g/mol. The fourth-order valence-corrected chi connectivity index (χ4v) is 4.30. The molecule has 0 radical (unpaired) electrons. The molecule has 0 bridgehead atoms. The SMILES string of the molecule is O=C(CN1C(=O)CC(c2ccco2)Sc2ccccc21)Nc1ccc(F)cc1. The van der Waals surface area contributed by atoms with Crippen molar-refractivity contribution < 1.29 is 18.4 Å². The lowest BCUT2D eigenvalue weighted by Crippen LogP contribution is -2.38. The van der Waals surface area contributed by atoms with Gasteiger partial charge < -0.3 is 14.6 Å². The molecule has 1 N–H and O–H groups in total. The van der Waals surface area contributed by atoms with Crippen LogP contribution in [0.4, 0.5) is 15.8 Å². The van der Waals surface area contributed by atoms with Gasteiger partial charge in [-0.3, -0.25) is 9.59 Å². The van der Waals surface area contributed by atoms with Gasteiger partial charge in [-0.1, -0.05) is 12.1 Å². The molecule has 0 saturated heterocycles. The van der Waals surface area contributed by atoms with Crippen molar-refractivity contribution in [1.29, 1.82) is 0 Å². The molecular formula is C21H17FN2O3S. The van der Waals surface area contributed by atoms with Gasteiger partial charge in [-0.15, -0.1) is 11.8 Å². The molecule has 1 aliphatic heterocycles. The molecule has 3 aromatic rings. The number of halogens is 1. The summed E-state index contributed by atoms with van der Waals surface area (Å²) < 4.78 is 18.5. The third-order valence-electron chi connectivity index (χ3n) is 4.38. The van der Waals surface area contributed by atoms with E-state index in [0.717, 1.165) is 10.7 Å². The van der Waals surface area contributed by atoms with E-state index < -0.39 is 0 Å². The predicted molar refractivity (Wildman–Crippen MR) is 106 cm³/mol. The first kappa shape index (κ1) is 18.3. The zero-order valence-electron chi connectivity index (χ0n) is 14.8. The van der Waals surface area contributed by atoms with Crippen molar-refractivity contribution >= 4 is 35.0 Å². The fourth-order valence-electron chi connectivity index (χ4n) is 3.06. The summed E-state index contributed by atoms with van der Waals surface area (Å²) in [5.74, 6) is -0.161. The minimum Gasteiger partial charge on any atom is -0.468 e. The largest absolute Gasteiger partial charge is 0.468 e. The van der Waals surface area contributed by atoms with Crippen LogP contribution in [0, 0.1) is 5.82 Å². The number of hydrogen-bond acceptors (Lipinski definition) is 4. The Balaban J connectivity index is 1.56. The highest BCUT2D eigenvalue weighted by Crippen LogP contribution is 2.45. The Bertz CT molecular complexity index is 989. The second kappa shape index (κ2) is 7.90. The van der Waals surface area contributed by atoms with Gasteiger partial charge in [-0.2, -0.15) is 0 Å². The van der Waals surface area contributed by atoms with E-state index in [4.69, 9.17) is 4.42 Å². The van der Waals surface area contributed by atoms with Crippen LogP contribution in [0.3, 0.4) is 0 Å². The molecule has 1 atom stereocenters. The van der Waals surface area contributed by atoms with Gasteiger partial charge in [0.05, 0.1) is 17.2 Å². The summed E-state index contributed by atoms with van der Waals surface area (Å²) in [5, 5.41) is 2.54. The summed E-state index contributed by atoms with van der Waals surface area (Å²) in [6, 6.07) is 16.6. The van der Waals surface area contributed by atoms with E-state index >= 15 is 0 Å². The number of nitrogens with one attached hydrogen (secondary N) is 1. The average Bonchev–Trinajstić information content (AvgIpc) is 3.18.